The van der Waals surface area contributed by atoms with Crippen LogP contribution in [-0.4, -0.2) is 30.0 Å². The molecule has 1 spiro atoms. The van der Waals surface area contributed by atoms with Crippen molar-refractivity contribution in [1.29, 1.82) is 0 Å². The third-order valence-corrected chi connectivity index (χ3v) is 5.14. The number of fused-ring (bicyclic) bond motifs is 2. The van der Waals surface area contributed by atoms with Crippen LogP contribution >= 0.6 is 11.6 Å². The lowest BCUT2D eigenvalue weighted by molar-refractivity contribution is -0.131. The fourth-order valence-corrected chi connectivity index (χ4v) is 3.79. The van der Waals surface area contributed by atoms with Crippen molar-refractivity contribution >= 4 is 23.5 Å². The summed E-state index contributed by atoms with van der Waals surface area (Å²) in [5.74, 6) is 0.336. The van der Waals surface area contributed by atoms with Gasteiger partial charge in [0.15, 0.2) is 0 Å². The Balaban J connectivity index is 1.49. The highest BCUT2D eigenvalue weighted by atomic mass is 35.5. The van der Waals surface area contributed by atoms with Crippen molar-refractivity contribution in [2.75, 3.05) is 13.2 Å². The van der Waals surface area contributed by atoms with E-state index in [1.54, 1.807) is 12.1 Å². The zero-order chi connectivity index (χ0) is 17.4. The number of nitrogens with one attached hydrogen (secondary N) is 1. The molecule has 1 N–H and O–H groups in total. The van der Waals surface area contributed by atoms with Gasteiger partial charge in [-0.2, -0.15) is 0 Å². The third-order valence-electron chi connectivity index (χ3n) is 4.83. The van der Waals surface area contributed by atoms with E-state index in [-0.39, 0.29) is 25.1 Å². The van der Waals surface area contributed by atoms with Crippen LogP contribution in [0.25, 0.3) is 0 Å². The highest BCUT2D eigenvalue weighted by Crippen LogP contribution is 2.41. The molecule has 0 saturated carbocycles. The first kappa shape index (κ1) is 16.0. The standard InChI is InChI=1S/C19H17ClN2O3/c20-15-7-3-4-8-16(15)25-12-11-22-17(23)19(21-18(22)24)10-9-13-5-1-2-6-14(13)19/h1-8H,9-12H2,(H,21,24). The lowest BCUT2D eigenvalue weighted by Crippen LogP contribution is -2.42. The number of hydrogen-bond acceptors (Lipinski definition) is 3. The van der Waals surface area contributed by atoms with Crippen LogP contribution < -0.4 is 10.1 Å². The Labute approximate surface area is 150 Å². The van der Waals surface area contributed by atoms with Crippen LogP contribution in [-0.2, 0) is 16.8 Å². The van der Waals surface area contributed by atoms with E-state index in [0.717, 1.165) is 17.5 Å². The van der Waals surface area contributed by atoms with Crippen molar-refractivity contribution in [2.45, 2.75) is 18.4 Å². The van der Waals surface area contributed by atoms with E-state index in [9.17, 15) is 9.59 Å². The van der Waals surface area contributed by atoms with Gasteiger partial charge in [0.1, 0.15) is 17.9 Å². The SMILES string of the molecule is O=C1NC2(CCc3ccccc32)C(=O)N1CCOc1ccccc1Cl. The van der Waals surface area contributed by atoms with Gasteiger partial charge in [-0.3, -0.25) is 9.69 Å². The van der Waals surface area contributed by atoms with Crippen molar-refractivity contribution in [3.05, 3.63) is 64.7 Å². The number of carbonyl (C=O) groups is 2. The summed E-state index contributed by atoms with van der Waals surface area (Å²) in [6.45, 7) is 0.375. The number of para-hydroxylation sites is 1. The number of urea groups is 1. The van der Waals surface area contributed by atoms with Gasteiger partial charge in [-0.05, 0) is 36.1 Å². The lowest BCUT2D eigenvalue weighted by atomic mass is 9.92. The van der Waals surface area contributed by atoms with Crippen LogP contribution in [0.15, 0.2) is 48.5 Å². The summed E-state index contributed by atoms with van der Waals surface area (Å²) in [6, 6.07) is 14.5. The van der Waals surface area contributed by atoms with E-state index in [4.69, 9.17) is 16.3 Å². The normalized spacial score (nSPS) is 21.6. The highest BCUT2D eigenvalue weighted by Gasteiger charge is 2.54. The first-order chi connectivity index (χ1) is 12.1. The van der Waals surface area contributed by atoms with E-state index in [0.29, 0.717) is 17.2 Å². The van der Waals surface area contributed by atoms with Gasteiger partial charge in [0.25, 0.3) is 5.91 Å². The van der Waals surface area contributed by atoms with Crippen LogP contribution in [0.1, 0.15) is 17.5 Å². The molecule has 6 heteroatoms. The van der Waals surface area contributed by atoms with Crippen molar-refractivity contribution in [1.82, 2.24) is 10.2 Å². The van der Waals surface area contributed by atoms with Gasteiger partial charge in [-0.25, -0.2) is 4.79 Å². The van der Waals surface area contributed by atoms with Crippen molar-refractivity contribution in [3.63, 3.8) is 0 Å². The third kappa shape index (κ3) is 2.55. The Kier molecular flexibility index (Phi) is 3.88. The average molecular weight is 357 g/mol. The molecule has 3 amide bonds. The molecule has 25 heavy (non-hydrogen) atoms. The Morgan fingerprint density at radius 1 is 1.12 bits per heavy atom. The van der Waals surface area contributed by atoms with E-state index < -0.39 is 5.54 Å². The number of rotatable bonds is 4. The number of halogens is 1. The fourth-order valence-electron chi connectivity index (χ4n) is 3.60. The second-order valence-corrected chi connectivity index (χ2v) is 6.64. The first-order valence-electron chi connectivity index (χ1n) is 8.22. The number of hydrogen-bond donors (Lipinski definition) is 1. The van der Waals surface area contributed by atoms with E-state index in [2.05, 4.69) is 5.32 Å². The Hall–Kier alpha value is -2.53. The van der Waals surface area contributed by atoms with E-state index >= 15 is 0 Å². The number of benzene rings is 2. The molecule has 0 bridgehead atoms. The molecule has 1 heterocycles. The van der Waals surface area contributed by atoms with Crippen LogP contribution in [0, 0.1) is 0 Å². The number of carbonyl (C=O) groups excluding carboxylic acids is 2. The Morgan fingerprint density at radius 3 is 2.72 bits per heavy atom. The minimum atomic E-state index is -0.919. The topological polar surface area (TPSA) is 58.6 Å². The number of ether oxygens (including phenoxy) is 1. The molecule has 0 radical (unpaired) electrons. The number of nitrogens with zero attached hydrogens (tertiary/aromatic N) is 1. The second-order valence-electron chi connectivity index (χ2n) is 6.23. The van der Waals surface area contributed by atoms with Gasteiger partial charge in [0, 0.05) is 0 Å². The zero-order valence-corrected chi connectivity index (χ0v) is 14.3. The molecule has 1 atom stereocenters. The lowest BCUT2D eigenvalue weighted by Gasteiger charge is -2.22. The molecular weight excluding hydrogens is 340 g/mol. The minimum absolute atomic E-state index is 0.180. The number of amides is 3. The van der Waals surface area contributed by atoms with Gasteiger partial charge >= 0.3 is 6.03 Å². The van der Waals surface area contributed by atoms with Crippen molar-refractivity contribution in [3.8, 4) is 5.75 Å². The quantitative estimate of drug-likeness (QED) is 0.856. The van der Waals surface area contributed by atoms with Gasteiger partial charge < -0.3 is 10.1 Å². The molecule has 1 saturated heterocycles. The smallest absolute Gasteiger partial charge is 0.325 e. The summed E-state index contributed by atoms with van der Waals surface area (Å²) in [5, 5.41) is 3.40. The fraction of sp³-hybridized carbons (Fsp3) is 0.263. The molecule has 1 aliphatic carbocycles. The molecule has 5 nitrogen and oxygen atoms in total. The van der Waals surface area contributed by atoms with Crippen LogP contribution in [0.5, 0.6) is 5.75 Å². The second kappa shape index (κ2) is 6.08. The summed E-state index contributed by atoms with van der Waals surface area (Å²) in [6.07, 6.45) is 1.38. The molecule has 1 unspecified atom stereocenters. The maximum Gasteiger partial charge on any atom is 0.325 e. The Bertz CT molecular complexity index is 854. The summed E-state index contributed by atoms with van der Waals surface area (Å²) in [7, 11) is 0. The Morgan fingerprint density at radius 2 is 1.88 bits per heavy atom. The molecule has 2 aliphatic rings. The molecule has 1 fully saturated rings. The number of imide groups is 1. The van der Waals surface area contributed by atoms with E-state index in [1.807, 2.05) is 36.4 Å². The molecule has 128 valence electrons. The molecule has 2 aromatic carbocycles. The maximum absolute atomic E-state index is 13.0. The van der Waals surface area contributed by atoms with Crippen molar-refractivity contribution in [2.24, 2.45) is 0 Å². The van der Waals surface area contributed by atoms with E-state index in [1.165, 1.54) is 4.90 Å². The predicted octanol–water partition coefficient (Wildman–Crippen LogP) is 3.11. The molecule has 1 aliphatic heterocycles. The van der Waals surface area contributed by atoms with Gasteiger partial charge in [-0.15, -0.1) is 0 Å². The van der Waals surface area contributed by atoms with Crippen LogP contribution in [0.2, 0.25) is 5.02 Å². The summed E-state index contributed by atoms with van der Waals surface area (Å²) in [5.41, 5.74) is 1.10. The predicted molar refractivity (Wildman–Crippen MR) is 93.6 cm³/mol. The van der Waals surface area contributed by atoms with Gasteiger partial charge in [0.2, 0.25) is 0 Å². The maximum atomic E-state index is 13.0. The summed E-state index contributed by atoms with van der Waals surface area (Å²) >= 11 is 6.05. The minimum Gasteiger partial charge on any atom is -0.490 e. The van der Waals surface area contributed by atoms with Gasteiger partial charge in [0.05, 0.1) is 11.6 Å². The molecular formula is C19H17ClN2O3. The van der Waals surface area contributed by atoms with Crippen LogP contribution in [0.4, 0.5) is 4.79 Å². The molecule has 4 rings (SSSR count). The van der Waals surface area contributed by atoms with Crippen molar-refractivity contribution < 1.29 is 14.3 Å². The first-order valence-corrected chi connectivity index (χ1v) is 8.59. The largest absolute Gasteiger partial charge is 0.490 e. The highest BCUT2D eigenvalue weighted by molar-refractivity contribution is 6.32. The average Bonchev–Trinajstić information content (AvgIpc) is 3.10. The molecule has 2 aromatic rings. The number of aryl methyl sites for hydroxylation is 1. The zero-order valence-electron chi connectivity index (χ0n) is 13.5. The summed E-state index contributed by atoms with van der Waals surface area (Å²) in [4.78, 5) is 26.6. The van der Waals surface area contributed by atoms with Crippen LogP contribution in [0.3, 0.4) is 0 Å². The summed E-state index contributed by atoms with van der Waals surface area (Å²) < 4.78 is 5.61. The van der Waals surface area contributed by atoms with Gasteiger partial charge in [-0.1, -0.05) is 48.0 Å². The molecule has 0 aromatic heterocycles. The monoisotopic (exact) mass is 356 g/mol.